The van der Waals surface area contributed by atoms with Gasteiger partial charge in [-0.1, -0.05) is 11.6 Å². The first-order valence-electron chi connectivity index (χ1n) is 4.72. The van der Waals surface area contributed by atoms with Crippen LogP contribution in [0.3, 0.4) is 0 Å². The number of Topliss-reactive ketones (excluding diaryl/α,β-unsaturated/α-hetero) is 1. The van der Waals surface area contributed by atoms with Gasteiger partial charge in [0.25, 0.3) is 0 Å². The van der Waals surface area contributed by atoms with Gasteiger partial charge < -0.3 is 0 Å². The Bertz CT molecular complexity index is 454. The van der Waals surface area contributed by atoms with Gasteiger partial charge in [-0.15, -0.1) is 10.2 Å². The van der Waals surface area contributed by atoms with E-state index >= 15 is 0 Å². The van der Waals surface area contributed by atoms with Gasteiger partial charge in [0.05, 0.1) is 6.42 Å². The van der Waals surface area contributed by atoms with Crippen LogP contribution in [-0.2, 0) is 0 Å². The van der Waals surface area contributed by atoms with Crippen molar-refractivity contribution in [1.29, 1.82) is 0 Å². The van der Waals surface area contributed by atoms with Crippen LogP contribution in [-0.4, -0.2) is 11.4 Å². The van der Waals surface area contributed by atoms with E-state index < -0.39 is 5.66 Å². The van der Waals surface area contributed by atoms with E-state index in [0.717, 1.165) is 0 Å². The molecule has 0 unspecified atom stereocenters. The largest absolute Gasteiger partial charge is 0.294 e. The normalized spacial score (nSPS) is 16.6. The fraction of sp³-hybridized carbons (Fsp3) is 0.300. The molecule has 0 saturated carbocycles. The molecule has 0 bridgehead atoms. The molecule has 16 heavy (non-hydrogen) atoms. The minimum Gasteiger partial charge on any atom is -0.294 e. The third-order valence-corrected chi connectivity index (χ3v) is 2.47. The number of hydrogen-bond donors (Lipinski definition) is 0. The van der Waals surface area contributed by atoms with Crippen LogP contribution in [0.15, 0.2) is 44.9 Å². The van der Waals surface area contributed by atoms with Crippen LogP contribution in [0.1, 0.15) is 23.7 Å². The van der Waals surface area contributed by atoms with Crippen molar-refractivity contribution < 1.29 is 4.79 Å². The number of rotatable bonds is 3. The summed E-state index contributed by atoms with van der Waals surface area (Å²) in [6.07, 6.45) is 0.154. The van der Waals surface area contributed by atoms with E-state index in [1.807, 2.05) is 0 Å². The summed E-state index contributed by atoms with van der Waals surface area (Å²) in [5, 5.41) is 15.0. The molecule has 0 radical (unpaired) electrons. The van der Waals surface area contributed by atoms with Crippen LogP contribution in [0.2, 0.25) is 5.02 Å². The molecule has 6 heteroatoms. The van der Waals surface area contributed by atoms with E-state index in [1.54, 1.807) is 31.2 Å². The minimum absolute atomic E-state index is 0.0565. The molecular formula is C10H9ClN4O. The number of nitrogens with zero attached hydrogens (tertiary/aromatic N) is 4. The van der Waals surface area contributed by atoms with Crippen LogP contribution in [0.4, 0.5) is 0 Å². The molecule has 1 aliphatic heterocycles. The van der Waals surface area contributed by atoms with Crippen molar-refractivity contribution in [2.24, 2.45) is 20.7 Å². The van der Waals surface area contributed by atoms with Gasteiger partial charge in [-0.3, -0.25) is 4.79 Å². The highest BCUT2D eigenvalue weighted by Crippen LogP contribution is 2.25. The van der Waals surface area contributed by atoms with Crippen molar-refractivity contribution in [1.82, 2.24) is 0 Å². The lowest BCUT2D eigenvalue weighted by Gasteiger charge is -2.11. The zero-order valence-electron chi connectivity index (χ0n) is 8.59. The number of halogens is 1. The van der Waals surface area contributed by atoms with E-state index in [-0.39, 0.29) is 12.2 Å². The maximum atomic E-state index is 11.9. The third-order valence-electron chi connectivity index (χ3n) is 2.22. The number of carbonyl (C=O) groups excluding carboxylic acids is 1. The molecule has 0 atom stereocenters. The Morgan fingerprint density at radius 3 is 2.38 bits per heavy atom. The second-order valence-electron chi connectivity index (χ2n) is 3.70. The predicted octanol–water partition coefficient (Wildman–Crippen LogP) is 3.46. The van der Waals surface area contributed by atoms with Gasteiger partial charge in [0.1, 0.15) is 0 Å². The van der Waals surface area contributed by atoms with E-state index in [2.05, 4.69) is 20.7 Å². The van der Waals surface area contributed by atoms with Gasteiger partial charge >= 0.3 is 0 Å². The van der Waals surface area contributed by atoms with Gasteiger partial charge in [0, 0.05) is 10.6 Å². The maximum absolute atomic E-state index is 11.9. The van der Waals surface area contributed by atoms with Crippen LogP contribution in [0.25, 0.3) is 0 Å². The molecule has 0 spiro atoms. The van der Waals surface area contributed by atoms with E-state index in [1.165, 1.54) is 0 Å². The van der Waals surface area contributed by atoms with Crippen molar-refractivity contribution in [3.63, 3.8) is 0 Å². The summed E-state index contributed by atoms with van der Waals surface area (Å²) < 4.78 is 0. The SMILES string of the molecule is CC1(CC(=O)c2ccc(Cl)cc2)N=NN=N1. The van der Waals surface area contributed by atoms with Crippen LogP contribution in [0, 0.1) is 0 Å². The first-order chi connectivity index (χ1) is 7.59. The molecule has 2 rings (SSSR count). The summed E-state index contributed by atoms with van der Waals surface area (Å²) >= 11 is 5.74. The first kappa shape index (κ1) is 10.9. The summed E-state index contributed by atoms with van der Waals surface area (Å²) in [7, 11) is 0. The highest BCUT2D eigenvalue weighted by atomic mass is 35.5. The van der Waals surface area contributed by atoms with E-state index in [4.69, 9.17) is 11.6 Å². The fourth-order valence-electron chi connectivity index (χ4n) is 1.37. The molecule has 0 aliphatic carbocycles. The van der Waals surface area contributed by atoms with E-state index in [9.17, 15) is 4.79 Å². The zero-order valence-corrected chi connectivity index (χ0v) is 9.35. The van der Waals surface area contributed by atoms with Crippen molar-refractivity contribution in [2.75, 3.05) is 0 Å². The molecule has 1 aromatic carbocycles. The molecule has 5 nitrogen and oxygen atoms in total. The average molecular weight is 237 g/mol. The van der Waals surface area contributed by atoms with Crippen LogP contribution >= 0.6 is 11.6 Å². The lowest BCUT2D eigenvalue weighted by Crippen LogP contribution is -2.21. The van der Waals surface area contributed by atoms with Crippen LogP contribution < -0.4 is 0 Å². The van der Waals surface area contributed by atoms with Crippen LogP contribution in [0.5, 0.6) is 0 Å². The van der Waals surface area contributed by atoms with Gasteiger partial charge in [-0.25, -0.2) is 0 Å². The quantitative estimate of drug-likeness (QED) is 0.741. The lowest BCUT2D eigenvalue weighted by molar-refractivity contribution is 0.0957. The molecule has 82 valence electrons. The molecule has 0 N–H and O–H groups in total. The van der Waals surface area contributed by atoms with Gasteiger partial charge in [0.2, 0.25) is 0 Å². The average Bonchev–Trinajstić information content (AvgIpc) is 2.65. The lowest BCUT2D eigenvalue weighted by atomic mass is 10.0. The second-order valence-corrected chi connectivity index (χ2v) is 4.14. The predicted molar refractivity (Wildman–Crippen MR) is 58.5 cm³/mol. The smallest absolute Gasteiger partial charge is 0.199 e. The molecule has 0 amide bonds. The monoisotopic (exact) mass is 236 g/mol. The second kappa shape index (κ2) is 4.09. The Balaban J connectivity index is 2.12. The Hall–Kier alpha value is -1.62. The highest BCUT2D eigenvalue weighted by Gasteiger charge is 2.30. The van der Waals surface area contributed by atoms with Crippen molar-refractivity contribution in [3.05, 3.63) is 34.9 Å². The molecule has 1 heterocycles. The first-order valence-corrected chi connectivity index (χ1v) is 5.10. The summed E-state index contributed by atoms with van der Waals surface area (Å²) in [6.45, 7) is 1.71. The Labute approximate surface area is 97.2 Å². The zero-order chi connectivity index (χ0) is 11.6. The molecule has 0 aromatic heterocycles. The summed E-state index contributed by atoms with van der Waals surface area (Å²) in [6, 6.07) is 6.71. The molecular weight excluding hydrogens is 228 g/mol. The van der Waals surface area contributed by atoms with Gasteiger partial charge in [-0.05, 0) is 41.6 Å². The van der Waals surface area contributed by atoms with Crippen molar-refractivity contribution in [2.45, 2.75) is 19.0 Å². The summed E-state index contributed by atoms with van der Waals surface area (Å²) in [5.74, 6) is -0.0565. The number of ketones is 1. The number of benzene rings is 1. The molecule has 1 aliphatic rings. The van der Waals surface area contributed by atoms with Crippen molar-refractivity contribution in [3.8, 4) is 0 Å². The number of carbonyl (C=O) groups is 1. The Morgan fingerprint density at radius 1 is 1.25 bits per heavy atom. The third kappa shape index (κ3) is 2.30. The highest BCUT2D eigenvalue weighted by molar-refractivity contribution is 6.30. The maximum Gasteiger partial charge on any atom is 0.199 e. The number of hydrogen-bond acceptors (Lipinski definition) is 5. The topological polar surface area (TPSA) is 66.5 Å². The standard InChI is InChI=1S/C10H9ClN4O/c1-10(12-14-15-13-10)6-9(16)7-2-4-8(11)5-3-7/h2-5H,6H2,1H3. The molecule has 0 saturated heterocycles. The Morgan fingerprint density at radius 2 is 1.81 bits per heavy atom. The van der Waals surface area contributed by atoms with Crippen molar-refractivity contribution >= 4 is 17.4 Å². The van der Waals surface area contributed by atoms with E-state index in [0.29, 0.717) is 10.6 Å². The molecule has 0 fully saturated rings. The fourth-order valence-corrected chi connectivity index (χ4v) is 1.49. The van der Waals surface area contributed by atoms with Gasteiger partial charge in [-0.2, -0.15) is 0 Å². The summed E-state index contributed by atoms with van der Waals surface area (Å²) in [4.78, 5) is 11.9. The minimum atomic E-state index is -0.850. The Kier molecular flexibility index (Phi) is 2.78. The molecule has 1 aromatic rings. The summed E-state index contributed by atoms with van der Waals surface area (Å²) in [5.41, 5.74) is -0.264. The van der Waals surface area contributed by atoms with Gasteiger partial charge in [0.15, 0.2) is 11.4 Å².